The van der Waals surface area contributed by atoms with Crippen molar-refractivity contribution in [1.29, 1.82) is 0 Å². The first kappa shape index (κ1) is 21.6. The third-order valence-electron chi connectivity index (χ3n) is 5.99. The molecule has 0 N–H and O–H groups in total. The summed E-state index contributed by atoms with van der Waals surface area (Å²) in [6.45, 7) is 1.96. The number of nitrogens with zero attached hydrogens (tertiary/aromatic N) is 2. The fraction of sp³-hybridized carbons (Fsp3) is 0.0345. The topological polar surface area (TPSA) is 47.5 Å². The number of halogens is 1. The second kappa shape index (κ2) is 8.69. The maximum Gasteiger partial charge on any atom is 0.275 e. The number of fused-ring (bicyclic) bond motifs is 1. The van der Waals surface area contributed by atoms with Crippen molar-refractivity contribution in [3.05, 3.63) is 122 Å². The predicted molar refractivity (Wildman–Crippen MR) is 143 cm³/mol. The lowest BCUT2D eigenvalue weighted by Crippen LogP contribution is -2.23. The number of furan rings is 1. The molecular formula is C29H19ClN2O2S. The van der Waals surface area contributed by atoms with Crippen molar-refractivity contribution in [1.82, 2.24) is 9.38 Å². The minimum Gasteiger partial charge on any atom is -0.457 e. The summed E-state index contributed by atoms with van der Waals surface area (Å²) in [7, 11) is 0. The Hall–Kier alpha value is -3.93. The van der Waals surface area contributed by atoms with Gasteiger partial charge in [0, 0.05) is 27.8 Å². The van der Waals surface area contributed by atoms with Gasteiger partial charge in [-0.1, -0.05) is 95.7 Å². The van der Waals surface area contributed by atoms with Crippen LogP contribution in [0.1, 0.15) is 11.3 Å². The molecule has 3 aromatic heterocycles. The van der Waals surface area contributed by atoms with Crippen LogP contribution in [0.4, 0.5) is 0 Å². The van der Waals surface area contributed by atoms with Gasteiger partial charge in [0.15, 0.2) is 4.96 Å². The van der Waals surface area contributed by atoms with Gasteiger partial charge in [0.2, 0.25) is 0 Å². The Bertz CT molecular complexity index is 1780. The lowest BCUT2D eigenvalue weighted by Gasteiger charge is -2.04. The van der Waals surface area contributed by atoms with Crippen LogP contribution in [0.15, 0.2) is 100 Å². The molecule has 3 aromatic carbocycles. The van der Waals surface area contributed by atoms with Crippen LogP contribution < -0.4 is 10.1 Å². The summed E-state index contributed by atoms with van der Waals surface area (Å²) in [5, 5.41) is 0.688. The van der Waals surface area contributed by atoms with Crippen molar-refractivity contribution in [2.45, 2.75) is 6.92 Å². The maximum atomic E-state index is 13.6. The van der Waals surface area contributed by atoms with Gasteiger partial charge in [-0.15, -0.1) is 0 Å². The Labute approximate surface area is 210 Å². The highest BCUT2D eigenvalue weighted by Crippen LogP contribution is 2.33. The third kappa shape index (κ3) is 3.79. The van der Waals surface area contributed by atoms with E-state index >= 15 is 0 Å². The molecule has 0 saturated carbocycles. The Balaban J connectivity index is 1.51. The summed E-state index contributed by atoms with van der Waals surface area (Å²) < 4.78 is 8.34. The summed E-state index contributed by atoms with van der Waals surface area (Å²) in [6.07, 6.45) is 1.78. The van der Waals surface area contributed by atoms with E-state index in [2.05, 4.69) is 0 Å². The fourth-order valence-electron chi connectivity index (χ4n) is 4.24. The molecule has 0 aliphatic rings. The Morgan fingerprint density at radius 1 is 0.886 bits per heavy atom. The standard InChI is InChI=1S/C29H19ClN2O2S/c1-18-22(13-8-14-23(18)30)24-16-15-21(34-24)17-25-28(33)32-27(20-11-6-3-7-12-20)26(31-29(32)35-25)19-9-4-2-5-10-19/h2-17H,1H3/b25-17+. The molecule has 6 aromatic rings. The van der Waals surface area contributed by atoms with Gasteiger partial charge >= 0.3 is 0 Å². The zero-order valence-corrected chi connectivity index (χ0v) is 20.3. The number of rotatable bonds is 4. The van der Waals surface area contributed by atoms with Crippen molar-refractivity contribution < 1.29 is 4.42 Å². The molecule has 0 unspecified atom stereocenters. The lowest BCUT2D eigenvalue weighted by molar-refractivity contribution is 0.571. The van der Waals surface area contributed by atoms with Gasteiger partial charge in [0.25, 0.3) is 5.56 Å². The van der Waals surface area contributed by atoms with Gasteiger partial charge in [-0.05, 0) is 30.7 Å². The van der Waals surface area contributed by atoms with Crippen molar-refractivity contribution >= 4 is 34.0 Å². The van der Waals surface area contributed by atoms with Crippen molar-refractivity contribution in [3.63, 3.8) is 0 Å². The number of thiazole rings is 1. The molecule has 0 spiro atoms. The van der Waals surface area contributed by atoms with Gasteiger partial charge < -0.3 is 4.42 Å². The van der Waals surface area contributed by atoms with Crippen LogP contribution in [0.5, 0.6) is 0 Å². The Morgan fingerprint density at radius 3 is 2.34 bits per heavy atom. The minimum absolute atomic E-state index is 0.115. The summed E-state index contributed by atoms with van der Waals surface area (Å²) >= 11 is 7.63. The molecule has 3 heterocycles. The van der Waals surface area contributed by atoms with E-state index < -0.39 is 0 Å². The van der Waals surface area contributed by atoms with E-state index in [1.54, 1.807) is 10.5 Å². The summed E-state index contributed by atoms with van der Waals surface area (Å²) in [6, 6.07) is 29.3. The van der Waals surface area contributed by atoms with Crippen LogP contribution in [0.3, 0.4) is 0 Å². The number of benzene rings is 3. The average molecular weight is 495 g/mol. The number of imidazole rings is 1. The van der Waals surface area contributed by atoms with Gasteiger partial charge in [0.05, 0.1) is 11.4 Å². The molecule has 0 saturated heterocycles. The molecule has 0 aliphatic heterocycles. The first-order valence-corrected chi connectivity index (χ1v) is 12.3. The molecular weight excluding hydrogens is 476 g/mol. The summed E-state index contributed by atoms with van der Waals surface area (Å²) in [5.41, 5.74) is 5.27. The minimum atomic E-state index is -0.115. The molecule has 6 rings (SSSR count). The van der Waals surface area contributed by atoms with Crippen LogP contribution in [0, 0.1) is 6.92 Å². The molecule has 170 valence electrons. The van der Waals surface area contributed by atoms with Gasteiger partial charge in [-0.2, -0.15) is 0 Å². The Kier molecular flexibility index (Phi) is 5.36. The molecule has 0 fully saturated rings. The van der Waals surface area contributed by atoms with E-state index in [1.165, 1.54) is 11.3 Å². The zero-order valence-electron chi connectivity index (χ0n) is 18.7. The largest absolute Gasteiger partial charge is 0.457 e. The predicted octanol–water partition coefficient (Wildman–Crippen LogP) is 6.86. The molecule has 0 bridgehead atoms. The van der Waals surface area contributed by atoms with Crippen molar-refractivity contribution in [2.24, 2.45) is 0 Å². The molecule has 6 heteroatoms. The normalized spacial score (nSPS) is 12.0. The van der Waals surface area contributed by atoms with Crippen LogP contribution in [0.2, 0.25) is 5.02 Å². The van der Waals surface area contributed by atoms with Crippen LogP contribution in [-0.4, -0.2) is 9.38 Å². The van der Waals surface area contributed by atoms with E-state index in [0.29, 0.717) is 26.0 Å². The smallest absolute Gasteiger partial charge is 0.275 e. The second-order valence-corrected chi connectivity index (χ2v) is 9.61. The summed E-state index contributed by atoms with van der Waals surface area (Å²) in [5.74, 6) is 1.31. The molecule has 35 heavy (non-hydrogen) atoms. The van der Waals surface area contributed by atoms with E-state index in [-0.39, 0.29) is 5.56 Å². The summed E-state index contributed by atoms with van der Waals surface area (Å²) in [4.78, 5) is 19.1. The van der Waals surface area contributed by atoms with E-state index in [9.17, 15) is 4.79 Å². The molecule has 0 aliphatic carbocycles. The van der Waals surface area contributed by atoms with Crippen LogP contribution in [0.25, 0.3) is 44.9 Å². The van der Waals surface area contributed by atoms with E-state index in [4.69, 9.17) is 21.0 Å². The number of hydrogen-bond acceptors (Lipinski definition) is 4. The van der Waals surface area contributed by atoms with E-state index in [0.717, 1.165) is 33.6 Å². The van der Waals surface area contributed by atoms with Gasteiger partial charge in [-0.3, -0.25) is 4.79 Å². The monoisotopic (exact) mass is 494 g/mol. The van der Waals surface area contributed by atoms with Crippen molar-refractivity contribution in [2.75, 3.05) is 0 Å². The average Bonchev–Trinajstić information content (AvgIpc) is 3.58. The van der Waals surface area contributed by atoms with Crippen LogP contribution in [-0.2, 0) is 0 Å². The first-order chi connectivity index (χ1) is 17.1. The highest BCUT2D eigenvalue weighted by Gasteiger charge is 2.20. The molecule has 4 nitrogen and oxygen atoms in total. The molecule has 0 atom stereocenters. The highest BCUT2D eigenvalue weighted by molar-refractivity contribution is 7.15. The van der Waals surface area contributed by atoms with E-state index in [1.807, 2.05) is 97.9 Å². The quantitative estimate of drug-likeness (QED) is 0.269. The lowest BCUT2D eigenvalue weighted by atomic mass is 10.1. The Morgan fingerprint density at radius 2 is 1.60 bits per heavy atom. The number of aromatic nitrogens is 2. The third-order valence-corrected chi connectivity index (χ3v) is 7.37. The fourth-order valence-corrected chi connectivity index (χ4v) is 5.37. The number of hydrogen-bond donors (Lipinski definition) is 0. The first-order valence-electron chi connectivity index (χ1n) is 11.1. The SMILES string of the molecule is Cc1c(Cl)cccc1-c1ccc(/C=c2/sc3nc(-c4ccccc4)c(-c4ccccc4)n3c2=O)o1. The van der Waals surface area contributed by atoms with Crippen LogP contribution >= 0.6 is 22.9 Å². The van der Waals surface area contributed by atoms with Gasteiger partial charge in [0.1, 0.15) is 16.1 Å². The highest BCUT2D eigenvalue weighted by atomic mass is 35.5. The van der Waals surface area contributed by atoms with Gasteiger partial charge in [-0.25, -0.2) is 9.38 Å². The van der Waals surface area contributed by atoms with Crippen molar-refractivity contribution in [3.8, 4) is 33.8 Å². The molecule has 0 amide bonds. The molecule has 0 radical (unpaired) electrons. The second-order valence-electron chi connectivity index (χ2n) is 8.19. The maximum absolute atomic E-state index is 13.6. The zero-order chi connectivity index (χ0) is 23.9.